The van der Waals surface area contributed by atoms with Crippen LogP contribution < -0.4 is 14.3 Å². The number of rotatable bonds is 8. The first-order valence-electron chi connectivity index (χ1n) is 9.66. The molecule has 0 unspecified atom stereocenters. The van der Waals surface area contributed by atoms with E-state index in [0.717, 1.165) is 34.6 Å². The normalized spacial score (nSPS) is 11.8. The van der Waals surface area contributed by atoms with E-state index in [1.54, 1.807) is 19.2 Å². The second kappa shape index (κ2) is 9.55. The average molecular weight is 399 g/mol. The number of unbranched alkanes of at least 4 members (excludes halogenated alkanes) is 2. The summed E-state index contributed by atoms with van der Waals surface area (Å²) in [6.45, 7) is 5.61. The molecular weight excluding hydrogens is 372 g/mol. The summed E-state index contributed by atoms with van der Waals surface area (Å²) < 4.78 is 14.2. The van der Waals surface area contributed by atoms with Crippen molar-refractivity contribution < 1.29 is 14.3 Å². The molecular formula is C22H26N2O3S. The van der Waals surface area contributed by atoms with Gasteiger partial charge in [-0.05, 0) is 49.7 Å². The van der Waals surface area contributed by atoms with E-state index < -0.39 is 0 Å². The molecule has 0 spiro atoms. The molecule has 148 valence electrons. The Balaban J connectivity index is 1.84. The van der Waals surface area contributed by atoms with Crippen LogP contribution in [0.4, 0.5) is 0 Å². The van der Waals surface area contributed by atoms with E-state index in [1.165, 1.54) is 17.8 Å². The van der Waals surface area contributed by atoms with Gasteiger partial charge in [0.15, 0.2) is 4.80 Å². The minimum Gasteiger partial charge on any atom is -0.495 e. The first-order chi connectivity index (χ1) is 13.7. The van der Waals surface area contributed by atoms with Gasteiger partial charge in [0.1, 0.15) is 17.0 Å². The Labute approximate surface area is 169 Å². The molecule has 3 rings (SSSR count). The van der Waals surface area contributed by atoms with Crippen LogP contribution in [-0.4, -0.2) is 24.2 Å². The van der Waals surface area contributed by atoms with Crippen LogP contribution in [0.1, 0.15) is 43.5 Å². The monoisotopic (exact) mass is 398 g/mol. The van der Waals surface area contributed by atoms with Gasteiger partial charge in [0.2, 0.25) is 0 Å². The lowest BCUT2D eigenvalue weighted by atomic mass is 10.2. The van der Waals surface area contributed by atoms with Crippen LogP contribution >= 0.6 is 11.3 Å². The summed E-state index contributed by atoms with van der Waals surface area (Å²) in [5.74, 6) is 1.31. The van der Waals surface area contributed by atoms with Crippen molar-refractivity contribution in [3.8, 4) is 11.5 Å². The third-order valence-electron chi connectivity index (χ3n) is 4.52. The fourth-order valence-electron chi connectivity index (χ4n) is 3.03. The summed E-state index contributed by atoms with van der Waals surface area (Å²) in [5.41, 5.74) is 1.52. The number of aryl methyl sites for hydroxylation is 1. The predicted molar refractivity (Wildman–Crippen MR) is 113 cm³/mol. The van der Waals surface area contributed by atoms with E-state index in [1.807, 2.05) is 41.8 Å². The largest absolute Gasteiger partial charge is 0.495 e. The van der Waals surface area contributed by atoms with Crippen molar-refractivity contribution in [2.45, 2.75) is 39.7 Å². The Bertz CT molecular complexity index is 1000. The number of methoxy groups -OCH3 is 1. The first-order valence-corrected chi connectivity index (χ1v) is 10.5. The number of benzene rings is 2. The summed E-state index contributed by atoms with van der Waals surface area (Å²) in [6.07, 6.45) is 3.37. The minimum absolute atomic E-state index is 0.259. The van der Waals surface area contributed by atoms with E-state index in [0.29, 0.717) is 23.5 Å². The maximum absolute atomic E-state index is 12.7. The molecule has 0 saturated carbocycles. The molecule has 1 aromatic heterocycles. The second-order valence-electron chi connectivity index (χ2n) is 6.43. The Morgan fingerprint density at radius 1 is 1.11 bits per heavy atom. The van der Waals surface area contributed by atoms with E-state index >= 15 is 0 Å². The number of amides is 1. The topological polar surface area (TPSA) is 52.8 Å². The Morgan fingerprint density at radius 2 is 1.89 bits per heavy atom. The van der Waals surface area contributed by atoms with Crippen LogP contribution in [0.15, 0.2) is 47.5 Å². The Hall–Kier alpha value is -2.60. The van der Waals surface area contributed by atoms with Gasteiger partial charge in [-0.1, -0.05) is 37.2 Å². The van der Waals surface area contributed by atoms with Gasteiger partial charge in [-0.3, -0.25) is 4.79 Å². The van der Waals surface area contributed by atoms with Crippen LogP contribution in [0, 0.1) is 0 Å². The lowest BCUT2D eigenvalue weighted by Crippen LogP contribution is -2.16. The van der Waals surface area contributed by atoms with Crippen molar-refractivity contribution in [1.82, 2.24) is 4.57 Å². The number of ether oxygens (including phenoxy) is 2. The molecule has 0 saturated heterocycles. The van der Waals surface area contributed by atoms with Crippen molar-refractivity contribution in [2.75, 3.05) is 13.7 Å². The number of aromatic nitrogens is 1. The third kappa shape index (κ3) is 4.44. The standard InChI is InChI=1S/C22H26N2O3S/c1-4-6-7-15-27-17-13-11-16(12-14-17)21(25)23-22-24(5-2)20-18(26-3)9-8-10-19(20)28-22/h8-14H,4-7,15H2,1-3H3. The van der Waals surface area contributed by atoms with Gasteiger partial charge in [0.05, 0.1) is 18.4 Å². The maximum atomic E-state index is 12.7. The van der Waals surface area contributed by atoms with Gasteiger partial charge < -0.3 is 14.0 Å². The van der Waals surface area contributed by atoms with Crippen molar-refractivity contribution >= 4 is 27.5 Å². The number of fused-ring (bicyclic) bond motifs is 1. The van der Waals surface area contributed by atoms with E-state index in [-0.39, 0.29) is 5.91 Å². The number of carbonyl (C=O) groups excluding carboxylic acids is 1. The number of hydrogen-bond acceptors (Lipinski definition) is 4. The maximum Gasteiger partial charge on any atom is 0.279 e. The summed E-state index contributed by atoms with van der Waals surface area (Å²) in [6, 6.07) is 13.1. The molecule has 1 heterocycles. The quantitative estimate of drug-likeness (QED) is 0.500. The third-order valence-corrected chi connectivity index (χ3v) is 5.56. The molecule has 0 atom stereocenters. The molecule has 5 nitrogen and oxygen atoms in total. The van der Waals surface area contributed by atoms with Gasteiger partial charge >= 0.3 is 0 Å². The zero-order valence-electron chi connectivity index (χ0n) is 16.6. The molecule has 2 aromatic carbocycles. The fourth-order valence-corrected chi connectivity index (χ4v) is 4.14. The number of para-hydroxylation sites is 1. The predicted octanol–water partition coefficient (Wildman–Crippen LogP) is 5.04. The lowest BCUT2D eigenvalue weighted by molar-refractivity contribution is 0.0998. The van der Waals surface area contributed by atoms with Crippen molar-refractivity contribution in [1.29, 1.82) is 0 Å². The van der Waals surface area contributed by atoms with Gasteiger partial charge in [-0.15, -0.1) is 0 Å². The molecule has 3 aromatic rings. The highest BCUT2D eigenvalue weighted by atomic mass is 32.1. The average Bonchev–Trinajstić information content (AvgIpc) is 3.08. The van der Waals surface area contributed by atoms with Crippen LogP contribution in [0.2, 0.25) is 0 Å². The smallest absolute Gasteiger partial charge is 0.279 e. The van der Waals surface area contributed by atoms with Gasteiger partial charge in [-0.25, -0.2) is 0 Å². The number of nitrogens with zero attached hydrogens (tertiary/aromatic N) is 2. The van der Waals surface area contributed by atoms with E-state index in [4.69, 9.17) is 9.47 Å². The van der Waals surface area contributed by atoms with Gasteiger partial charge in [0.25, 0.3) is 5.91 Å². The molecule has 0 N–H and O–H groups in total. The van der Waals surface area contributed by atoms with Crippen molar-refractivity contribution in [2.24, 2.45) is 4.99 Å². The zero-order chi connectivity index (χ0) is 19.9. The van der Waals surface area contributed by atoms with Crippen molar-refractivity contribution in [3.05, 3.63) is 52.8 Å². The highest BCUT2D eigenvalue weighted by Gasteiger charge is 2.12. The zero-order valence-corrected chi connectivity index (χ0v) is 17.4. The Kier molecular flexibility index (Phi) is 6.87. The molecule has 1 amide bonds. The molecule has 0 bridgehead atoms. The first kappa shape index (κ1) is 20.1. The van der Waals surface area contributed by atoms with E-state index in [2.05, 4.69) is 11.9 Å². The van der Waals surface area contributed by atoms with Crippen molar-refractivity contribution in [3.63, 3.8) is 0 Å². The summed E-state index contributed by atoms with van der Waals surface area (Å²) in [7, 11) is 1.65. The van der Waals surface area contributed by atoms with Crippen LogP contribution in [0.5, 0.6) is 11.5 Å². The second-order valence-corrected chi connectivity index (χ2v) is 7.44. The summed E-state index contributed by atoms with van der Waals surface area (Å²) >= 11 is 1.49. The molecule has 0 aliphatic carbocycles. The SMILES string of the molecule is CCCCCOc1ccc(C(=O)N=c2sc3cccc(OC)c3n2CC)cc1. The molecule has 6 heteroatoms. The fraction of sp³-hybridized carbons (Fsp3) is 0.364. The van der Waals surface area contributed by atoms with Gasteiger partial charge in [-0.2, -0.15) is 4.99 Å². The number of carbonyl (C=O) groups is 1. The van der Waals surface area contributed by atoms with Crippen LogP contribution in [-0.2, 0) is 6.54 Å². The summed E-state index contributed by atoms with van der Waals surface area (Å²) in [5, 5.41) is 0. The highest BCUT2D eigenvalue weighted by molar-refractivity contribution is 7.16. The number of thiazole rings is 1. The van der Waals surface area contributed by atoms with E-state index in [9.17, 15) is 4.79 Å². The molecule has 0 aliphatic heterocycles. The molecule has 0 fully saturated rings. The molecule has 0 aliphatic rings. The summed E-state index contributed by atoms with van der Waals surface area (Å²) in [4.78, 5) is 17.7. The highest BCUT2D eigenvalue weighted by Crippen LogP contribution is 2.27. The minimum atomic E-state index is -0.259. The Morgan fingerprint density at radius 3 is 2.57 bits per heavy atom. The van der Waals surface area contributed by atoms with Gasteiger partial charge in [0, 0.05) is 12.1 Å². The molecule has 28 heavy (non-hydrogen) atoms. The van der Waals surface area contributed by atoms with Crippen LogP contribution in [0.3, 0.4) is 0 Å². The lowest BCUT2D eigenvalue weighted by Gasteiger charge is -2.06. The van der Waals surface area contributed by atoms with Crippen LogP contribution in [0.25, 0.3) is 10.2 Å². The number of hydrogen-bond donors (Lipinski definition) is 0. The molecule has 0 radical (unpaired) electrons.